The van der Waals surface area contributed by atoms with Gasteiger partial charge in [-0.2, -0.15) is 0 Å². The molecule has 0 aliphatic heterocycles. The van der Waals surface area contributed by atoms with Crippen LogP contribution in [-0.2, 0) is 30.9 Å². The second kappa shape index (κ2) is 12.1. The number of hydrogen-bond donors (Lipinski definition) is 1. The van der Waals surface area contributed by atoms with Crippen molar-refractivity contribution in [2.75, 3.05) is 0 Å². The number of aryl methyl sites for hydroxylation is 5. The van der Waals surface area contributed by atoms with E-state index in [1.807, 2.05) is 24.9 Å². The van der Waals surface area contributed by atoms with Crippen LogP contribution in [0.1, 0.15) is 27.8 Å². The quantitative estimate of drug-likeness (QED) is 0.179. The molecule has 5 aromatic rings. The molecule has 0 atom stereocenters. The Bertz CT molecular complexity index is 1950. The summed E-state index contributed by atoms with van der Waals surface area (Å²) in [6, 6.07) is 34.2. The third kappa shape index (κ3) is 6.78. The fourth-order valence-corrected chi connectivity index (χ4v) is 9.80. The van der Waals surface area contributed by atoms with Gasteiger partial charge in [-0.05, 0) is 111 Å². The summed E-state index contributed by atoms with van der Waals surface area (Å²) in [4.78, 5) is 3.23. The van der Waals surface area contributed by atoms with E-state index in [2.05, 4.69) is 80.6 Å². The maximum atomic E-state index is 13.4. The van der Waals surface area contributed by atoms with E-state index in [0.717, 1.165) is 32.7 Å². The topological polar surface area (TPSA) is 80.3 Å². The second-order valence-electron chi connectivity index (χ2n) is 10.8. The molecule has 0 unspecified atom stereocenters. The molecule has 220 valence electrons. The van der Waals surface area contributed by atoms with E-state index in [1.54, 1.807) is 24.3 Å². The van der Waals surface area contributed by atoms with E-state index in [-0.39, 0.29) is 9.79 Å². The lowest BCUT2D eigenvalue weighted by Gasteiger charge is -2.15. The zero-order chi connectivity index (χ0) is 30.9. The highest BCUT2D eigenvalue weighted by molar-refractivity contribution is 8.04. The summed E-state index contributed by atoms with van der Waals surface area (Å²) in [7, 11) is -9.09. The fourth-order valence-electron chi connectivity index (χ4n) is 4.79. The first-order chi connectivity index (χ1) is 20.3. The number of benzene rings is 5. The van der Waals surface area contributed by atoms with Crippen LogP contribution in [0.5, 0.6) is 0 Å². The van der Waals surface area contributed by atoms with Crippen molar-refractivity contribution in [1.29, 1.82) is 0 Å². The van der Waals surface area contributed by atoms with Crippen molar-refractivity contribution in [2.45, 2.75) is 59.1 Å². The van der Waals surface area contributed by atoms with Crippen molar-refractivity contribution in [3.05, 3.63) is 137 Å². The smallest absolute Gasteiger partial charge is 0.206 e. The molecule has 0 saturated heterocycles. The van der Waals surface area contributed by atoms with E-state index in [0.29, 0.717) is 0 Å². The molecule has 5 aromatic carbocycles. The number of sulfonamides is 2. The van der Waals surface area contributed by atoms with Crippen LogP contribution in [0.2, 0.25) is 0 Å². The van der Waals surface area contributed by atoms with Crippen LogP contribution in [-0.4, -0.2) is 16.8 Å². The Hall–Kier alpha value is -3.69. The highest BCUT2D eigenvalue weighted by Crippen LogP contribution is 2.36. The first-order valence-corrected chi connectivity index (χ1v) is 18.0. The maximum absolute atomic E-state index is 13.4. The van der Waals surface area contributed by atoms with Gasteiger partial charge in [-0.1, -0.05) is 65.2 Å². The lowest BCUT2D eigenvalue weighted by molar-refractivity contribution is 0.577. The van der Waals surface area contributed by atoms with Gasteiger partial charge in [0.15, 0.2) is 14.7 Å². The van der Waals surface area contributed by atoms with Gasteiger partial charge in [0.1, 0.15) is 0 Å². The van der Waals surface area contributed by atoms with Gasteiger partial charge in [0.2, 0.25) is 0 Å². The standard InChI is InChI=1S/C35H34NO4S3/c1-24-6-14-29(15-7-24)41(30-16-8-25(2)9-17-30)31-18-12-27(4)34(22-31)35-23-33(21-13-28(35)5)43(39,40)36-42(37,38)32-19-10-26(3)11-20-32/h6-23,36H,1-5H3/q+1. The fraction of sp³-hybridized carbons (Fsp3) is 0.143. The SMILES string of the molecule is Cc1ccc([S+](c2ccc(C)cc2)c2ccc(C)c(-c3cc(S(=O)(=O)NS(=O)(=O)c4ccc(C)cc4)ccc3C)c2)cc1. The van der Waals surface area contributed by atoms with E-state index in [1.165, 1.54) is 39.1 Å². The minimum atomic E-state index is -4.39. The van der Waals surface area contributed by atoms with Crippen molar-refractivity contribution >= 4 is 30.9 Å². The zero-order valence-electron chi connectivity index (χ0n) is 24.8. The molecule has 0 heterocycles. The van der Waals surface area contributed by atoms with E-state index >= 15 is 0 Å². The summed E-state index contributed by atoms with van der Waals surface area (Å²) in [5, 5.41) is 0. The first-order valence-electron chi connectivity index (χ1n) is 13.8. The molecule has 0 saturated carbocycles. The Morgan fingerprint density at radius 1 is 0.442 bits per heavy atom. The van der Waals surface area contributed by atoms with Crippen LogP contribution < -0.4 is 4.13 Å². The normalized spacial score (nSPS) is 12.0. The summed E-state index contributed by atoms with van der Waals surface area (Å²) < 4.78 is 54.6. The van der Waals surface area contributed by atoms with Crippen LogP contribution in [0.4, 0.5) is 0 Å². The van der Waals surface area contributed by atoms with Crippen LogP contribution >= 0.6 is 0 Å². The summed E-state index contributed by atoms with van der Waals surface area (Å²) in [5.74, 6) is 0. The molecule has 5 rings (SSSR count). The lowest BCUT2D eigenvalue weighted by Crippen LogP contribution is -2.30. The minimum Gasteiger partial charge on any atom is -0.206 e. The Kier molecular flexibility index (Phi) is 8.68. The average Bonchev–Trinajstić information content (AvgIpc) is 2.96. The van der Waals surface area contributed by atoms with Gasteiger partial charge >= 0.3 is 0 Å². The Labute approximate surface area is 258 Å². The largest absolute Gasteiger partial charge is 0.253 e. The van der Waals surface area contributed by atoms with Crippen molar-refractivity contribution < 1.29 is 16.8 Å². The maximum Gasteiger partial charge on any atom is 0.253 e. The molecule has 43 heavy (non-hydrogen) atoms. The van der Waals surface area contributed by atoms with Gasteiger partial charge in [0.25, 0.3) is 20.0 Å². The number of rotatable bonds is 8. The van der Waals surface area contributed by atoms with Gasteiger partial charge in [0, 0.05) is 6.07 Å². The van der Waals surface area contributed by atoms with Crippen LogP contribution in [0.15, 0.2) is 134 Å². The third-order valence-electron chi connectivity index (χ3n) is 7.32. The van der Waals surface area contributed by atoms with Crippen molar-refractivity contribution in [3.63, 3.8) is 0 Å². The molecule has 0 fully saturated rings. The predicted molar refractivity (Wildman–Crippen MR) is 175 cm³/mol. The predicted octanol–water partition coefficient (Wildman–Crippen LogP) is 7.66. The Morgan fingerprint density at radius 2 is 0.814 bits per heavy atom. The molecule has 0 radical (unpaired) electrons. The van der Waals surface area contributed by atoms with Crippen molar-refractivity contribution in [2.24, 2.45) is 0 Å². The van der Waals surface area contributed by atoms with Crippen molar-refractivity contribution in [3.8, 4) is 11.1 Å². The number of hydrogen-bond acceptors (Lipinski definition) is 4. The number of nitrogens with one attached hydrogen (secondary N) is 1. The molecule has 0 amide bonds. The van der Waals surface area contributed by atoms with E-state index < -0.39 is 30.9 Å². The summed E-state index contributed by atoms with van der Waals surface area (Å²) in [5.41, 5.74) is 6.73. The average molecular weight is 629 g/mol. The molecule has 8 heteroatoms. The monoisotopic (exact) mass is 628 g/mol. The third-order valence-corrected chi connectivity index (χ3v) is 13.1. The van der Waals surface area contributed by atoms with Crippen LogP contribution in [0, 0.1) is 34.6 Å². The summed E-state index contributed by atoms with van der Waals surface area (Å²) >= 11 is 0. The van der Waals surface area contributed by atoms with Crippen molar-refractivity contribution in [1.82, 2.24) is 4.13 Å². The van der Waals surface area contributed by atoms with Gasteiger partial charge in [-0.3, -0.25) is 0 Å². The van der Waals surface area contributed by atoms with Crippen LogP contribution in [0.3, 0.4) is 0 Å². The second-order valence-corrected chi connectivity index (χ2v) is 16.4. The molecule has 0 bridgehead atoms. The van der Waals surface area contributed by atoms with Crippen LogP contribution in [0.25, 0.3) is 11.1 Å². The van der Waals surface area contributed by atoms with Gasteiger partial charge in [-0.25, -0.2) is 16.8 Å². The molecule has 0 spiro atoms. The first kappa shape index (κ1) is 30.8. The molecule has 0 aliphatic rings. The summed E-state index contributed by atoms with van der Waals surface area (Å²) in [6.07, 6.45) is 0. The Morgan fingerprint density at radius 3 is 1.33 bits per heavy atom. The molecule has 0 aliphatic carbocycles. The molecule has 0 aromatic heterocycles. The Balaban J connectivity index is 1.58. The molecule has 5 nitrogen and oxygen atoms in total. The minimum absolute atomic E-state index is 0.114. The van der Waals surface area contributed by atoms with E-state index in [4.69, 9.17) is 0 Å². The molecular weight excluding hydrogens is 595 g/mol. The zero-order valence-corrected chi connectivity index (χ0v) is 27.2. The van der Waals surface area contributed by atoms with Gasteiger partial charge in [-0.15, -0.1) is 4.13 Å². The van der Waals surface area contributed by atoms with E-state index in [9.17, 15) is 16.8 Å². The van der Waals surface area contributed by atoms with Gasteiger partial charge < -0.3 is 0 Å². The van der Waals surface area contributed by atoms with Gasteiger partial charge in [0.05, 0.1) is 20.7 Å². The highest BCUT2D eigenvalue weighted by atomic mass is 32.3. The molecule has 1 N–H and O–H groups in total. The molecular formula is C35H34NO4S3+. The lowest BCUT2D eigenvalue weighted by atomic mass is 9.97. The highest BCUT2D eigenvalue weighted by Gasteiger charge is 2.30. The summed E-state index contributed by atoms with van der Waals surface area (Å²) in [6.45, 7) is 9.89.